The Bertz CT molecular complexity index is 355. The van der Waals surface area contributed by atoms with Crippen molar-refractivity contribution in [3.05, 3.63) is 17.6 Å². The number of rotatable bonds is 8. The summed E-state index contributed by atoms with van der Waals surface area (Å²) in [6, 6.07) is 0. The molecule has 0 atom stereocenters. The maximum atomic E-state index is 5.73. The van der Waals surface area contributed by atoms with Gasteiger partial charge < -0.3 is 15.0 Å². The van der Waals surface area contributed by atoms with Crippen molar-refractivity contribution in [1.29, 1.82) is 0 Å². The molecular weight excluding hydrogens is 228 g/mol. The minimum Gasteiger partial charge on any atom is -0.476 e. The molecule has 1 aromatic heterocycles. The third-order valence-corrected chi connectivity index (χ3v) is 2.46. The van der Waals surface area contributed by atoms with Crippen LogP contribution in [0, 0.1) is 6.92 Å². The van der Waals surface area contributed by atoms with Crippen molar-refractivity contribution in [1.82, 2.24) is 20.2 Å². The zero-order valence-electron chi connectivity index (χ0n) is 11.9. The fourth-order valence-electron chi connectivity index (χ4n) is 1.45. The van der Waals surface area contributed by atoms with Gasteiger partial charge in [-0.25, -0.2) is 4.98 Å². The molecule has 0 bridgehead atoms. The first kappa shape index (κ1) is 14.9. The highest BCUT2D eigenvalue weighted by Crippen LogP contribution is 2.14. The van der Waals surface area contributed by atoms with Crippen molar-refractivity contribution in [3.8, 4) is 5.88 Å². The van der Waals surface area contributed by atoms with Gasteiger partial charge in [-0.1, -0.05) is 6.92 Å². The number of aromatic nitrogens is 2. The van der Waals surface area contributed by atoms with Gasteiger partial charge in [0, 0.05) is 24.8 Å². The van der Waals surface area contributed by atoms with E-state index in [4.69, 9.17) is 4.74 Å². The highest BCUT2D eigenvalue weighted by Gasteiger charge is 2.06. The van der Waals surface area contributed by atoms with Crippen molar-refractivity contribution in [2.45, 2.75) is 26.8 Å². The minimum atomic E-state index is 0.643. The second kappa shape index (κ2) is 8.00. The Morgan fingerprint density at radius 2 is 2.17 bits per heavy atom. The minimum absolute atomic E-state index is 0.643. The molecule has 1 heterocycles. The largest absolute Gasteiger partial charge is 0.476 e. The van der Waals surface area contributed by atoms with Crippen LogP contribution in [0.5, 0.6) is 5.88 Å². The molecule has 1 N–H and O–H groups in total. The molecule has 0 aliphatic heterocycles. The molecule has 0 fully saturated rings. The molecule has 0 amide bonds. The van der Waals surface area contributed by atoms with Gasteiger partial charge in [0.15, 0.2) is 0 Å². The summed E-state index contributed by atoms with van der Waals surface area (Å²) < 4.78 is 5.73. The molecule has 102 valence electrons. The Balaban J connectivity index is 2.58. The van der Waals surface area contributed by atoms with E-state index in [0.29, 0.717) is 12.5 Å². The Kier molecular flexibility index (Phi) is 6.60. The smallest absolute Gasteiger partial charge is 0.221 e. The second-order valence-electron chi connectivity index (χ2n) is 4.58. The Morgan fingerprint density at radius 3 is 2.83 bits per heavy atom. The Hall–Kier alpha value is -1.20. The zero-order valence-corrected chi connectivity index (χ0v) is 11.9. The molecule has 0 saturated carbocycles. The standard InChI is InChI=1S/C13H24N4O/c1-5-6-14-9-12-10-15-11(2)16-13(12)18-8-7-17(3)4/h10,14H,5-9H2,1-4H3. The van der Waals surface area contributed by atoms with Crippen molar-refractivity contribution in [2.75, 3.05) is 33.8 Å². The van der Waals surface area contributed by atoms with Crippen LogP contribution in [-0.2, 0) is 6.54 Å². The van der Waals surface area contributed by atoms with Crippen LogP contribution in [0.25, 0.3) is 0 Å². The summed E-state index contributed by atoms with van der Waals surface area (Å²) in [6.07, 6.45) is 2.96. The van der Waals surface area contributed by atoms with Crippen LogP contribution in [0.1, 0.15) is 24.7 Å². The third kappa shape index (κ3) is 5.42. The van der Waals surface area contributed by atoms with E-state index in [1.807, 2.05) is 27.2 Å². The van der Waals surface area contributed by atoms with E-state index < -0.39 is 0 Å². The van der Waals surface area contributed by atoms with Crippen LogP contribution in [-0.4, -0.2) is 48.7 Å². The van der Waals surface area contributed by atoms with Crippen molar-refractivity contribution in [2.24, 2.45) is 0 Å². The Morgan fingerprint density at radius 1 is 1.39 bits per heavy atom. The van der Waals surface area contributed by atoms with Crippen LogP contribution in [0.15, 0.2) is 6.20 Å². The van der Waals surface area contributed by atoms with Crippen LogP contribution in [0.2, 0.25) is 0 Å². The molecule has 1 aromatic rings. The number of nitrogens with zero attached hydrogens (tertiary/aromatic N) is 3. The van der Waals surface area contributed by atoms with E-state index in [1.54, 1.807) is 0 Å². The summed E-state index contributed by atoms with van der Waals surface area (Å²) in [5, 5.41) is 3.34. The topological polar surface area (TPSA) is 50.3 Å². The second-order valence-corrected chi connectivity index (χ2v) is 4.58. The summed E-state index contributed by atoms with van der Waals surface area (Å²) in [6.45, 7) is 7.29. The van der Waals surface area contributed by atoms with Gasteiger partial charge >= 0.3 is 0 Å². The van der Waals surface area contributed by atoms with E-state index in [0.717, 1.165) is 37.4 Å². The maximum absolute atomic E-state index is 5.73. The first-order chi connectivity index (χ1) is 8.63. The first-order valence-electron chi connectivity index (χ1n) is 6.44. The average Bonchev–Trinajstić information content (AvgIpc) is 2.31. The highest BCUT2D eigenvalue weighted by molar-refractivity contribution is 5.23. The van der Waals surface area contributed by atoms with Gasteiger partial charge in [-0.15, -0.1) is 0 Å². The molecule has 5 heteroatoms. The summed E-state index contributed by atoms with van der Waals surface area (Å²) in [4.78, 5) is 10.7. The number of likely N-dealkylation sites (N-methyl/N-ethyl adjacent to an activating group) is 1. The fourth-order valence-corrected chi connectivity index (χ4v) is 1.45. The number of nitrogens with one attached hydrogen (secondary N) is 1. The molecular formula is C13H24N4O. The van der Waals surface area contributed by atoms with E-state index in [2.05, 4.69) is 27.1 Å². The van der Waals surface area contributed by atoms with Gasteiger partial charge in [0.25, 0.3) is 0 Å². The molecule has 0 aromatic carbocycles. The first-order valence-corrected chi connectivity index (χ1v) is 6.44. The molecule has 1 rings (SSSR count). The lowest BCUT2D eigenvalue weighted by Crippen LogP contribution is -2.21. The van der Waals surface area contributed by atoms with Crippen molar-refractivity contribution < 1.29 is 4.74 Å². The van der Waals surface area contributed by atoms with Gasteiger partial charge in [0.1, 0.15) is 12.4 Å². The van der Waals surface area contributed by atoms with Crippen LogP contribution in [0.4, 0.5) is 0 Å². The van der Waals surface area contributed by atoms with Gasteiger partial charge in [0.2, 0.25) is 5.88 Å². The molecule has 0 spiro atoms. The molecule has 0 radical (unpaired) electrons. The van der Waals surface area contributed by atoms with Gasteiger partial charge in [-0.2, -0.15) is 4.98 Å². The molecule has 0 saturated heterocycles. The number of ether oxygens (including phenoxy) is 1. The SMILES string of the molecule is CCCNCc1cnc(C)nc1OCCN(C)C. The summed E-state index contributed by atoms with van der Waals surface area (Å²) >= 11 is 0. The van der Waals surface area contributed by atoms with E-state index in [1.165, 1.54) is 0 Å². The van der Waals surface area contributed by atoms with Gasteiger partial charge in [-0.3, -0.25) is 0 Å². The lowest BCUT2D eigenvalue weighted by molar-refractivity contribution is 0.250. The van der Waals surface area contributed by atoms with E-state index in [-0.39, 0.29) is 0 Å². The summed E-state index contributed by atoms with van der Waals surface area (Å²) in [5.41, 5.74) is 1.02. The summed E-state index contributed by atoms with van der Waals surface area (Å²) in [7, 11) is 4.05. The molecule has 0 aliphatic carbocycles. The summed E-state index contributed by atoms with van der Waals surface area (Å²) in [5.74, 6) is 1.45. The highest BCUT2D eigenvalue weighted by atomic mass is 16.5. The van der Waals surface area contributed by atoms with Crippen molar-refractivity contribution >= 4 is 0 Å². The lowest BCUT2D eigenvalue weighted by Gasteiger charge is -2.13. The lowest BCUT2D eigenvalue weighted by atomic mass is 10.3. The van der Waals surface area contributed by atoms with Crippen LogP contribution in [0.3, 0.4) is 0 Å². The quantitative estimate of drug-likeness (QED) is 0.705. The molecule has 0 unspecified atom stereocenters. The number of aryl methyl sites for hydroxylation is 1. The predicted octanol–water partition coefficient (Wildman–Crippen LogP) is 1.23. The third-order valence-electron chi connectivity index (χ3n) is 2.46. The van der Waals surface area contributed by atoms with Gasteiger partial charge in [0.05, 0.1) is 0 Å². The molecule has 5 nitrogen and oxygen atoms in total. The Labute approximate surface area is 110 Å². The normalized spacial score (nSPS) is 10.9. The van der Waals surface area contributed by atoms with Crippen LogP contribution >= 0.6 is 0 Å². The van der Waals surface area contributed by atoms with Gasteiger partial charge in [-0.05, 0) is 34.0 Å². The number of hydrogen-bond acceptors (Lipinski definition) is 5. The molecule has 0 aliphatic rings. The van der Waals surface area contributed by atoms with Crippen molar-refractivity contribution in [3.63, 3.8) is 0 Å². The zero-order chi connectivity index (χ0) is 13.4. The monoisotopic (exact) mass is 252 g/mol. The molecule has 18 heavy (non-hydrogen) atoms. The number of hydrogen-bond donors (Lipinski definition) is 1. The maximum Gasteiger partial charge on any atom is 0.221 e. The van der Waals surface area contributed by atoms with E-state index >= 15 is 0 Å². The average molecular weight is 252 g/mol. The van der Waals surface area contributed by atoms with Crippen LogP contribution < -0.4 is 10.1 Å². The fraction of sp³-hybridized carbons (Fsp3) is 0.692. The predicted molar refractivity (Wildman–Crippen MR) is 72.8 cm³/mol. The van der Waals surface area contributed by atoms with E-state index in [9.17, 15) is 0 Å².